The summed E-state index contributed by atoms with van der Waals surface area (Å²) >= 11 is 0. The quantitative estimate of drug-likeness (QED) is 0.918. The molecule has 0 bridgehead atoms. The minimum atomic E-state index is -0.160. The lowest BCUT2D eigenvalue weighted by Gasteiger charge is -2.31. The number of nitrogens with one attached hydrogen (secondary N) is 1. The van der Waals surface area contributed by atoms with E-state index in [9.17, 15) is 9.18 Å². The molecule has 1 aliphatic rings. The zero-order chi connectivity index (χ0) is 16.8. The maximum atomic E-state index is 13.7. The number of likely N-dealkylation sites (tertiary alicyclic amines) is 1. The third kappa shape index (κ3) is 4.38. The van der Waals surface area contributed by atoms with Crippen LogP contribution in [0.4, 0.5) is 4.39 Å². The van der Waals surface area contributed by atoms with Gasteiger partial charge in [0.25, 0.3) is 0 Å². The van der Waals surface area contributed by atoms with Crippen LogP contribution in [0.25, 0.3) is 0 Å². The van der Waals surface area contributed by atoms with Crippen molar-refractivity contribution in [3.8, 4) is 0 Å². The van der Waals surface area contributed by atoms with Gasteiger partial charge in [-0.1, -0.05) is 24.3 Å². The first-order valence-electron chi connectivity index (χ1n) is 8.36. The lowest BCUT2D eigenvalue weighted by molar-refractivity contribution is -0.126. The zero-order valence-electron chi connectivity index (χ0n) is 13.6. The molecule has 0 radical (unpaired) electrons. The Morgan fingerprint density at radius 1 is 1.17 bits per heavy atom. The molecule has 2 heterocycles. The summed E-state index contributed by atoms with van der Waals surface area (Å²) in [7, 11) is 0. The molecule has 126 valence electrons. The smallest absolute Gasteiger partial charge is 0.223 e. The third-order valence-electron chi connectivity index (χ3n) is 4.48. The molecule has 0 atom stereocenters. The van der Waals surface area contributed by atoms with Crippen molar-refractivity contribution in [2.75, 3.05) is 13.1 Å². The number of pyridine rings is 1. The molecule has 0 spiro atoms. The summed E-state index contributed by atoms with van der Waals surface area (Å²) in [5, 5.41) is 2.96. The number of aromatic nitrogens is 1. The Morgan fingerprint density at radius 2 is 1.92 bits per heavy atom. The van der Waals surface area contributed by atoms with Gasteiger partial charge >= 0.3 is 0 Å². The summed E-state index contributed by atoms with van der Waals surface area (Å²) in [4.78, 5) is 18.7. The van der Waals surface area contributed by atoms with Crippen LogP contribution >= 0.6 is 0 Å². The molecule has 4 nitrogen and oxygen atoms in total. The van der Waals surface area contributed by atoms with Crippen molar-refractivity contribution in [2.45, 2.75) is 25.9 Å². The van der Waals surface area contributed by atoms with Crippen molar-refractivity contribution >= 4 is 5.91 Å². The van der Waals surface area contributed by atoms with E-state index in [0.29, 0.717) is 13.1 Å². The average Bonchev–Trinajstić information content (AvgIpc) is 2.63. The largest absolute Gasteiger partial charge is 0.350 e. The van der Waals surface area contributed by atoms with Crippen molar-refractivity contribution in [1.29, 1.82) is 0 Å². The standard InChI is InChI=1S/C19H22FN3O/c20-18-7-2-1-5-16(18)14-23-11-8-15(9-12-23)19(24)22-13-17-6-3-4-10-21-17/h1-7,10,15H,8-9,11-14H2,(H,22,24). The Hall–Kier alpha value is -2.27. The highest BCUT2D eigenvalue weighted by molar-refractivity contribution is 5.78. The highest BCUT2D eigenvalue weighted by Gasteiger charge is 2.25. The predicted octanol–water partition coefficient (Wildman–Crippen LogP) is 2.75. The van der Waals surface area contributed by atoms with E-state index in [1.165, 1.54) is 6.07 Å². The van der Waals surface area contributed by atoms with Gasteiger partial charge in [-0.2, -0.15) is 0 Å². The molecule has 1 aliphatic heterocycles. The van der Waals surface area contributed by atoms with E-state index >= 15 is 0 Å². The summed E-state index contributed by atoms with van der Waals surface area (Å²) < 4.78 is 13.7. The van der Waals surface area contributed by atoms with Gasteiger partial charge < -0.3 is 5.32 Å². The lowest BCUT2D eigenvalue weighted by Crippen LogP contribution is -2.40. The monoisotopic (exact) mass is 327 g/mol. The van der Waals surface area contributed by atoms with E-state index < -0.39 is 0 Å². The number of halogens is 1. The van der Waals surface area contributed by atoms with Gasteiger partial charge in [0.1, 0.15) is 5.82 Å². The fraction of sp³-hybridized carbons (Fsp3) is 0.368. The number of piperidine rings is 1. The molecule has 1 N–H and O–H groups in total. The van der Waals surface area contributed by atoms with Gasteiger partial charge in [-0.3, -0.25) is 14.7 Å². The third-order valence-corrected chi connectivity index (χ3v) is 4.48. The van der Waals surface area contributed by atoms with Crippen LogP contribution in [0.15, 0.2) is 48.7 Å². The molecule has 1 amide bonds. The molecule has 24 heavy (non-hydrogen) atoms. The van der Waals surface area contributed by atoms with Crippen LogP contribution in [-0.2, 0) is 17.9 Å². The van der Waals surface area contributed by atoms with Crippen LogP contribution in [0.3, 0.4) is 0 Å². The number of rotatable bonds is 5. The van der Waals surface area contributed by atoms with Gasteiger partial charge in [0.05, 0.1) is 12.2 Å². The number of hydrogen-bond acceptors (Lipinski definition) is 3. The maximum Gasteiger partial charge on any atom is 0.223 e. The van der Waals surface area contributed by atoms with Crippen LogP contribution < -0.4 is 5.32 Å². The predicted molar refractivity (Wildman–Crippen MR) is 90.5 cm³/mol. The van der Waals surface area contributed by atoms with Gasteiger partial charge in [0.15, 0.2) is 0 Å². The molecule has 1 aromatic heterocycles. The van der Waals surface area contributed by atoms with Crippen LogP contribution in [0, 0.1) is 11.7 Å². The van der Waals surface area contributed by atoms with Crippen molar-refractivity contribution in [3.05, 3.63) is 65.7 Å². The number of carbonyl (C=O) groups excluding carboxylic acids is 1. The Labute approximate surface area is 141 Å². The maximum absolute atomic E-state index is 13.7. The molecule has 3 rings (SSSR count). The molecule has 0 aliphatic carbocycles. The molecule has 0 unspecified atom stereocenters. The number of hydrogen-bond donors (Lipinski definition) is 1. The molecular formula is C19H22FN3O. The molecule has 1 aromatic carbocycles. The van der Waals surface area contributed by atoms with Crippen LogP contribution in [-0.4, -0.2) is 28.9 Å². The normalized spacial score (nSPS) is 16.0. The highest BCUT2D eigenvalue weighted by Crippen LogP contribution is 2.20. The number of nitrogens with zero attached hydrogens (tertiary/aromatic N) is 2. The number of benzene rings is 1. The highest BCUT2D eigenvalue weighted by atomic mass is 19.1. The first-order chi connectivity index (χ1) is 11.7. The molecule has 2 aromatic rings. The van der Waals surface area contributed by atoms with Crippen LogP contribution in [0.1, 0.15) is 24.1 Å². The van der Waals surface area contributed by atoms with E-state index in [0.717, 1.165) is 37.2 Å². The molecule has 1 saturated heterocycles. The molecule has 0 saturated carbocycles. The fourth-order valence-electron chi connectivity index (χ4n) is 3.05. The summed E-state index contributed by atoms with van der Waals surface area (Å²) in [6, 6.07) is 12.5. The minimum Gasteiger partial charge on any atom is -0.350 e. The zero-order valence-corrected chi connectivity index (χ0v) is 13.6. The molecular weight excluding hydrogens is 305 g/mol. The first kappa shape index (κ1) is 16.6. The molecule has 1 fully saturated rings. The summed E-state index contributed by atoms with van der Waals surface area (Å²) in [6.07, 6.45) is 3.34. The summed E-state index contributed by atoms with van der Waals surface area (Å²) in [5.41, 5.74) is 1.58. The Balaban J connectivity index is 1.44. The first-order valence-corrected chi connectivity index (χ1v) is 8.36. The van der Waals surface area contributed by atoms with Crippen molar-refractivity contribution < 1.29 is 9.18 Å². The van der Waals surface area contributed by atoms with Gasteiger partial charge in [-0.25, -0.2) is 4.39 Å². The van der Waals surface area contributed by atoms with Crippen molar-refractivity contribution in [2.24, 2.45) is 5.92 Å². The van der Waals surface area contributed by atoms with Crippen LogP contribution in [0.5, 0.6) is 0 Å². The fourth-order valence-corrected chi connectivity index (χ4v) is 3.05. The van der Waals surface area contributed by atoms with Crippen LogP contribution in [0.2, 0.25) is 0 Å². The second kappa shape index (κ2) is 8.02. The van der Waals surface area contributed by atoms with Crippen molar-refractivity contribution in [3.63, 3.8) is 0 Å². The minimum absolute atomic E-state index is 0.0329. The van der Waals surface area contributed by atoms with Gasteiger partial charge in [-0.05, 0) is 44.1 Å². The number of amides is 1. The Morgan fingerprint density at radius 3 is 2.62 bits per heavy atom. The van der Waals surface area contributed by atoms with E-state index in [-0.39, 0.29) is 17.6 Å². The summed E-state index contributed by atoms with van der Waals surface area (Å²) in [5.74, 6) is -0.0375. The SMILES string of the molecule is O=C(NCc1ccccn1)C1CCN(Cc2ccccc2F)CC1. The van der Waals surface area contributed by atoms with Crippen molar-refractivity contribution in [1.82, 2.24) is 15.2 Å². The van der Waals surface area contributed by atoms with Gasteiger partial charge in [0, 0.05) is 24.2 Å². The van der Waals surface area contributed by atoms with E-state index in [4.69, 9.17) is 0 Å². The van der Waals surface area contributed by atoms with E-state index in [1.54, 1.807) is 12.3 Å². The van der Waals surface area contributed by atoms with Gasteiger partial charge in [0.2, 0.25) is 5.91 Å². The topological polar surface area (TPSA) is 45.2 Å². The summed E-state index contributed by atoms with van der Waals surface area (Å²) in [6.45, 7) is 2.70. The Bertz CT molecular complexity index is 669. The lowest BCUT2D eigenvalue weighted by atomic mass is 9.95. The second-order valence-corrected chi connectivity index (χ2v) is 6.18. The van der Waals surface area contributed by atoms with E-state index in [1.807, 2.05) is 30.3 Å². The second-order valence-electron chi connectivity index (χ2n) is 6.18. The number of carbonyl (C=O) groups is 1. The average molecular weight is 327 g/mol. The Kier molecular flexibility index (Phi) is 5.54. The van der Waals surface area contributed by atoms with E-state index in [2.05, 4.69) is 15.2 Å². The van der Waals surface area contributed by atoms with Gasteiger partial charge in [-0.15, -0.1) is 0 Å². The molecule has 5 heteroatoms.